The Bertz CT molecular complexity index is 1090. The van der Waals surface area contributed by atoms with Crippen LogP contribution in [0.2, 0.25) is 0 Å². The molecule has 0 aliphatic carbocycles. The second-order valence-electron chi connectivity index (χ2n) is 6.86. The molecule has 5 nitrogen and oxygen atoms in total. The molecular formula is C23H22N4OS. The summed E-state index contributed by atoms with van der Waals surface area (Å²) in [7, 11) is 0. The summed E-state index contributed by atoms with van der Waals surface area (Å²) < 4.78 is 0. The van der Waals surface area contributed by atoms with E-state index in [1.54, 1.807) is 13.8 Å². The van der Waals surface area contributed by atoms with Gasteiger partial charge in [0.05, 0.1) is 5.69 Å². The fourth-order valence-electron chi connectivity index (χ4n) is 2.98. The maximum atomic E-state index is 13.3. The van der Waals surface area contributed by atoms with Gasteiger partial charge in [0.15, 0.2) is 0 Å². The van der Waals surface area contributed by atoms with Crippen molar-refractivity contribution in [1.29, 1.82) is 5.26 Å². The number of hydrogen-bond acceptors (Lipinski definition) is 5. The van der Waals surface area contributed by atoms with E-state index in [4.69, 9.17) is 0 Å². The predicted molar refractivity (Wildman–Crippen MR) is 116 cm³/mol. The normalized spacial score (nSPS) is 11.6. The van der Waals surface area contributed by atoms with Crippen molar-refractivity contribution in [1.82, 2.24) is 9.97 Å². The van der Waals surface area contributed by atoms with Crippen LogP contribution in [0, 0.1) is 39.0 Å². The molecule has 1 atom stereocenters. The maximum Gasteiger partial charge on any atom is 0.242 e. The number of anilines is 1. The predicted octanol–water partition coefficient (Wildman–Crippen LogP) is 5.05. The molecule has 146 valence electrons. The Balaban J connectivity index is 2.00. The molecule has 0 fully saturated rings. The molecule has 0 radical (unpaired) electrons. The largest absolute Gasteiger partial charge is 0.325 e. The second-order valence-corrected chi connectivity index (χ2v) is 7.96. The van der Waals surface area contributed by atoms with Crippen molar-refractivity contribution < 1.29 is 4.79 Å². The molecule has 3 rings (SSSR count). The van der Waals surface area contributed by atoms with E-state index in [1.807, 2.05) is 62.4 Å². The fraction of sp³-hybridized carbons (Fsp3) is 0.217. The third-order valence-corrected chi connectivity index (χ3v) is 5.74. The summed E-state index contributed by atoms with van der Waals surface area (Å²) >= 11 is 1.27. The average molecular weight is 403 g/mol. The smallest absolute Gasteiger partial charge is 0.242 e. The van der Waals surface area contributed by atoms with E-state index in [9.17, 15) is 10.1 Å². The van der Waals surface area contributed by atoms with Gasteiger partial charge in [-0.15, -0.1) is 0 Å². The Kier molecular flexibility index (Phi) is 6.30. The molecule has 0 aliphatic heterocycles. The van der Waals surface area contributed by atoms with Crippen LogP contribution < -0.4 is 5.32 Å². The molecule has 0 bridgehead atoms. The number of nitriles is 1. The van der Waals surface area contributed by atoms with Crippen LogP contribution in [0.4, 0.5) is 5.69 Å². The minimum atomic E-state index is -0.558. The van der Waals surface area contributed by atoms with Crippen LogP contribution in [-0.2, 0) is 4.79 Å². The summed E-state index contributed by atoms with van der Waals surface area (Å²) in [5, 5.41) is 12.6. The zero-order chi connectivity index (χ0) is 21.0. The van der Waals surface area contributed by atoms with Crippen LogP contribution >= 0.6 is 11.8 Å². The highest BCUT2D eigenvalue weighted by Crippen LogP contribution is 2.37. The van der Waals surface area contributed by atoms with Gasteiger partial charge in [0.1, 0.15) is 27.7 Å². The van der Waals surface area contributed by atoms with Crippen LogP contribution in [0.1, 0.15) is 39.0 Å². The maximum absolute atomic E-state index is 13.3. The number of amides is 1. The first kappa shape index (κ1) is 20.6. The molecule has 2 aromatic carbocycles. The Morgan fingerprint density at radius 3 is 2.48 bits per heavy atom. The highest BCUT2D eigenvalue weighted by atomic mass is 32.2. The molecule has 1 amide bonds. The first-order chi connectivity index (χ1) is 13.9. The Morgan fingerprint density at radius 1 is 1.07 bits per heavy atom. The summed E-state index contributed by atoms with van der Waals surface area (Å²) in [6, 6.07) is 17.7. The van der Waals surface area contributed by atoms with E-state index in [-0.39, 0.29) is 5.91 Å². The lowest BCUT2D eigenvalue weighted by Gasteiger charge is -2.19. The van der Waals surface area contributed by atoms with Crippen LogP contribution in [0.3, 0.4) is 0 Å². The molecule has 0 spiro atoms. The molecule has 1 N–H and O–H groups in total. The molecule has 1 aromatic heterocycles. The van der Waals surface area contributed by atoms with Crippen molar-refractivity contribution in [3.05, 3.63) is 82.3 Å². The van der Waals surface area contributed by atoms with Gasteiger partial charge in [0.2, 0.25) is 5.91 Å². The van der Waals surface area contributed by atoms with Gasteiger partial charge < -0.3 is 5.32 Å². The SMILES string of the molecule is Cc1ccc(C)c(NC(=O)C(Sc2nc(C)nc(C)c2C#N)c2ccccc2)c1. The molecule has 0 aliphatic rings. The average Bonchev–Trinajstić information content (AvgIpc) is 2.69. The number of rotatable bonds is 5. The van der Waals surface area contributed by atoms with Crippen molar-refractivity contribution in [2.24, 2.45) is 0 Å². The van der Waals surface area contributed by atoms with Crippen molar-refractivity contribution in [2.45, 2.75) is 38.0 Å². The third kappa shape index (κ3) is 4.82. The molecule has 29 heavy (non-hydrogen) atoms. The fourth-order valence-corrected chi connectivity index (χ4v) is 4.15. The van der Waals surface area contributed by atoms with Crippen LogP contribution in [0.5, 0.6) is 0 Å². The van der Waals surface area contributed by atoms with E-state index in [1.165, 1.54) is 11.8 Å². The Labute approximate surface area is 175 Å². The van der Waals surface area contributed by atoms with E-state index in [2.05, 4.69) is 21.4 Å². The second kappa shape index (κ2) is 8.89. The summed E-state index contributed by atoms with van der Waals surface area (Å²) in [4.78, 5) is 22.0. The molecule has 0 saturated heterocycles. The minimum Gasteiger partial charge on any atom is -0.325 e. The van der Waals surface area contributed by atoms with E-state index < -0.39 is 5.25 Å². The number of carbonyl (C=O) groups excluding carboxylic acids is 1. The lowest BCUT2D eigenvalue weighted by atomic mass is 10.1. The number of benzene rings is 2. The summed E-state index contributed by atoms with van der Waals surface area (Å²) in [6.45, 7) is 7.52. The topological polar surface area (TPSA) is 78.7 Å². The highest BCUT2D eigenvalue weighted by molar-refractivity contribution is 8.00. The minimum absolute atomic E-state index is 0.160. The number of carbonyl (C=O) groups is 1. The summed E-state index contributed by atoms with van der Waals surface area (Å²) in [5.41, 5.74) is 4.71. The first-order valence-corrected chi connectivity index (χ1v) is 10.1. The van der Waals surface area contributed by atoms with Gasteiger partial charge >= 0.3 is 0 Å². The molecular weight excluding hydrogens is 380 g/mol. The molecule has 3 aromatic rings. The number of nitrogens with zero attached hydrogens (tertiary/aromatic N) is 3. The third-order valence-electron chi connectivity index (χ3n) is 4.50. The number of nitrogens with one attached hydrogen (secondary N) is 1. The van der Waals surface area contributed by atoms with Gasteiger partial charge in [-0.1, -0.05) is 54.2 Å². The summed E-state index contributed by atoms with van der Waals surface area (Å²) in [5.74, 6) is 0.415. The lowest BCUT2D eigenvalue weighted by molar-refractivity contribution is -0.115. The zero-order valence-corrected chi connectivity index (χ0v) is 17.7. The molecule has 6 heteroatoms. The molecule has 0 saturated carbocycles. The summed E-state index contributed by atoms with van der Waals surface area (Å²) in [6.07, 6.45) is 0. The first-order valence-electron chi connectivity index (χ1n) is 9.24. The Morgan fingerprint density at radius 2 is 1.79 bits per heavy atom. The quantitative estimate of drug-likeness (QED) is 0.477. The van der Waals surface area contributed by atoms with Gasteiger partial charge in [-0.3, -0.25) is 4.79 Å². The van der Waals surface area contributed by atoms with E-state index in [0.29, 0.717) is 22.1 Å². The number of hydrogen-bond donors (Lipinski definition) is 1. The standard InChI is InChI=1S/C23H22N4OS/c1-14-10-11-15(2)20(12-14)27-22(28)21(18-8-6-5-7-9-18)29-23-19(13-24)16(3)25-17(4)26-23/h5-12,21H,1-4H3,(H,27,28). The monoisotopic (exact) mass is 402 g/mol. The van der Waals surface area contributed by atoms with E-state index in [0.717, 1.165) is 22.4 Å². The lowest BCUT2D eigenvalue weighted by Crippen LogP contribution is -2.20. The van der Waals surface area contributed by atoms with Crippen molar-refractivity contribution in [3.63, 3.8) is 0 Å². The van der Waals surface area contributed by atoms with Gasteiger partial charge in [-0.25, -0.2) is 9.97 Å². The highest BCUT2D eigenvalue weighted by Gasteiger charge is 2.25. The zero-order valence-electron chi connectivity index (χ0n) is 16.9. The van der Waals surface area contributed by atoms with Crippen LogP contribution in [0.25, 0.3) is 0 Å². The Hall–Kier alpha value is -3.17. The van der Waals surface area contributed by atoms with Gasteiger partial charge in [0.25, 0.3) is 0 Å². The number of thioether (sulfide) groups is 1. The van der Waals surface area contributed by atoms with Crippen molar-refractivity contribution in [2.75, 3.05) is 5.32 Å². The van der Waals surface area contributed by atoms with Crippen molar-refractivity contribution in [3.8, 4) is 6.07 Å². The number of aromatic nitrogens is 2. The van der Waals surface area contributed by atoms with Gasteiger partial charge in [0, 0.05) is 5.69 Å². The van der Waals surface area contributed by atoms with Crippen LogP contribution in [0.15, 0.2) is 53.6 Å². The number of aryl methyl sites for hydroxylation is 4. The molecule has 1 unspecified atom stereocenters. The van der Waals surface area contributed by atoms with Crippen molar-refractivity contribution >= 4 is 23.4 Å². The van der Waals surface area contributed by atoms with Crippen LogP contribution in [-0.4, -0.2) is 15.9 Å². The van der Waals surface area contributed by atoms with Gasteiger partial charge in [-0.2, -0.15) is 5.26 Å². The van der Waals surface area contributed by atoms with E-state index >= 15 is 0 Å². The molecule has 1 heterocycles. The van der Waals surface area contributed by atoms with Gasteiger partial charge in [-0.05, 0) is 50.5 Å².